The Balaban J connectivity index is 2.67. The third-order valence-electron chi connectivity index (χ3n) is 2.12. The number of nitro groups is 1. The molecule has 0 bridgehead atoms. The summed E-state index contributed by atoms with van der Waals surface area (Å²) in [5.41, 5.74) is 0.191. The van der Waals surface area contributed by atoms with Crippen molar-refractivity contribution in [1.29, 1.82) is 0 Å². The van der Waals surface area contributed by atoms with Crippen LogP contribution in [0, 0.1) is 10.1 Å². The van der Waals surface area contributed by atoms with Gasteiger partial charge in [0.15, 0.2) is 0 Å². The molecule has 0 aromatic heterocycles. The lowest BCUT2D eigenvalue weighted by atomic mass is 10.3. The number of thioether (sulfide) groups is 1. The molecule has 1 aromatic carbocycles. The van der Waals surface area contributed by atoms with E-state index in [9.17, 15) is 10.1 Å². The molecule has 0 heterocycles. The fourth-order valence-corrected chi connectivity index (χ4v) is 2.65. The summed E-state index contributed by atoms with van der Waals surface area (Å²) < 4.78 is 0.747. The number of hydrogen-bond acceptors (Lipinski definition) is 3. The second kappa shape index (κ2) is 6.91. The van der Waals surface area contributed by atoms with Gasteiger partial charge in [-0.25, -0.2) is 0 Å². The Morgan fingerprint density at radius 1 is 1.44 bits per heavy atom. The highest BCUT2D eigenvalue weighted by atomic mass is 79.9. The Bertz CT molecular complexity index is 371. The number of hydrogen-bond donors (Lipinski definition) is 0. The van der Waals surface area contributed by atoms with Gasteiger partial charge in [0.25, 0.3) is 5.69 Å². The number of nitrogens with zero attached hydrogens (tertiary/aromatic N) is 1. The van der Waals surface area contributed by atoms with Crippen molar-refractivity contribution in [2.45, 2.75) is 31.1 Å². The van der Waals surface area contributed by atoms with Gasteiger partial charge in [-0.2, -0.15) is 0 Å². The van der Waals surface area contributed by atoms with Crippen molar-refractivity contribution in [2.24, 2.45) is 0 Å². The highest BCUT2D eigenvalue weighted by molar-refractivity contribution is 9.10. The van der Waals surface area contributed by atoms with Gasteiger partial charge >= 0.3 is 0 Å². The van der Waals surface area contributed by atoms with Crippen molar-refractivity contribution in [3.63, 3.8) is 0 Å². The first kappa shape index (κ1) is 13.5. The summed E-state index contributed by atoms with van der Waals surface area (Å²) in [6, 6.07) is 5.20. The van der Waals surface area contributed by atoms with E-state index in [1.807, 2.05) is 6.07 Å². The van der Waals surface area contributed by atoms with Crippen LogP contribution in [0.15, 0.2) is 27.6 Å². The SMILES string of the molecule is CCCCCSc1ccc(Br)cc1[N+](=O)[O-]. The van der Waals surface area contributed by atoms with Crippen LogP contribution in [0.3, 0.4) is 0 Å². The van der Waals surface area contributed by atoms with Gasteiger partial charge in [0.2, 0.25) is 0 Å². The summed E-state index contributed by atoms with van der Waals surface area (Å²) >= 11 is 4.81. The molecule has 1 rings (SSSR count). The molecule has 0 saturated carbocycles. The molecule has 0 aliphatic heterocycles. The molecule has 3 nitrogen and oxygen atoms in total. The minimum Gasteiger partial charge on any atom is -0.258 e. The van der Waals surface area contributed by atoms with Crippen LogP contribution in [-0.4, -0.2) is 10.7 Å². The van der Waals surface area contributed by atoms with Crippen LogP contribution in [0.25, 0.3) is 0 Å². The maximum Gasteiger partial charge on any atom is 0.283 e. The smallest absolute Gasteiger partial charge is 0.258 e. The first-order valence-corrected chi connectivity index (χ1v) is 6.99. The van der Waals surface area contributed by atoms with Crippen molar-refractivity contribution >= 4 is 33.4 Å². The van der Waals surface area contributed by atoms with Crippen molar-refractivity contribution in [3.05, 3.63) is 32.8 Å². The van der Waals surface area contributed by atoms with E-state index in [4.69, 9.17) is 0 Å². The number of halogens is 1. The minimum absolute atomic E-state index is 0.191. The third-order valence-corrected chi connectivity index (χ3v) is 3.77. The molecule has 0 aliphatic carbocycles. The van der Waals surface area contributed by atoms with Crippen LogP contribution in [0.5, 0.6) is 0 Å². The van der Waals surface area contributed by atoms with Crippen LogP contribution in [-0.2, 0) is 0 Å². The number of benzene rings is 1. The van der Waals surface area contributed by atoms with E-state index in [2.05, 4.69) is 22.9 Å². The summed E-state index contributed by atoms with van der Waals surface area (Å²) in [6.45, 7) is 2.15. The molecule has 0 atom stereocenters. The molecule has 0 amide bonds. The molecule has 0 radical (unpaired) electrons. The normalized spacial score (nSPS) is 10.4. The second-order valence-electron chi connectivity index (χ2n) is 3.42. The summed E-state index contributed by atoms with van der Waals surface area (Å²) in [5.74, 6) is 0.941. The van der Waals surface area contributed by atoms with Crippen LogP contribution in [0.2, 0.25) is 0 Å². The lowest BCUT2D eigenvalue weighted by Gasteiger charge is -2.03. The number of unbranched alkanes of at least 4 members (excludes halogenated alkanes) is 2. The topological polar surface area (TPSA) is 43.1 Å². The van der Waals surface area contributed by atoms with Crippen LogP contribution >= 0.6 is 27.7 Å². The van der Waals surface area contributed by atoms with Gasteiger partial charge in [0.05, 0.1) is 9.82 Å². The van der Waals surface area contributed by atoms with E-state index < -0.39 is 0 Å². The Morgan fingerprint density at radius 3 is 2.81 bits per heavy atom. The highest BCUT2D eigenvalue weighted by Crippen LogP contribution is 2.32. The van der Waals surface area contributed by atoms with Gasteiger partial charge in [0, 0.05) is 10.5 Å². The quantitative estimate of drug-likeness (QED) is 0.333. The Morgan fingerprint density at radius 2 is 2.19 bits per heavy atom. The van der Waals surface area contributed by atoms with Gasteiger partial charge in [-0.1, -0.05) is 35.7 Å². The fourth-order valence-electron chi connectivity index (χ4n) is 1.29. The first-order chi connectivity index (χ1) is 7.65. The van der Waals surface area contributed by atoms with Crippen LogP contribution in [0.1, 0.15) is 26.2 Å². The van der Waals surface area contributed by atoms with E-state index in [1.54, 1.807) is 23.9 Å². The fraction of sp³-hybridized carbons (Fsp3) is 0.455. The van der Waals surface area contributed by atoms with Crippen molar-refractivity contribution in [3.8, 4) is 0 Å². The lowest BCUT2D eigenvalue weighted by molar-refractivity contribution is -0.387. The molecular formula is C11H14BrNO2S. The molecule has 0 spiro atoms. The third kappa shape index (κ3) is 4.14. The molecule has 16 heavy (non-hydrogen) atoms. The van der Waals surface area contributed by atoms with Crippen molar-refractivity contribution in [1.82, 2.24) is 0 Å². The van der Waals surface area contributed by atoms with E-state index in [0.29, 0.717) is 0 Å². The zero-order chi connectivity index (χ0) is 12.0. The Hall–Kier alpha value is -0.550. The zero-order valence-corrected chi connectivity index (χ0v) is 11.5. The second-order valence-corrected chi connectivity index (χ2v) is 5.48. The van der Waals surface area contributed by atoms with Gasteiger partial charge in [-0.3, -0.25) is 10.1 Å². The maximum atomic E-state index is 10.8. The summed E-state index contributed by atoms with van der Waals surface area (Å²) in [5, 5.41) is 10.8. The van der Waals surface area contributed by atoms with Gasteiger partial charge < -0.3 is 0 Å². The molecule has 1 aromatic rings. The van der Waals surface area contributed by atoms with Gasteiger partial charge in [0.1, 0.15) is 0 Å². The minimum atomic E-state index is -0.326. The van der Waals surface area contributed by atoms with Gasteiger partial charge in [-0.15, -0.1) is 11.8 Å². The molecule has 88 valence electrons. The zero-order valence-electron chi connectivity index (χ0n) is 9.11. The van der Waals surface area contributed by atoms with Crippen molar-refractivity contribution in [2.75, 3.05) is 5.75 Å². The van der Waals surface area contributed by atoms with E-state index in [-0.39, 0.29) is 10.6 Å². The predicted octanol–water partition coefficient (Wildman–Crippen LogP) is 4.64. The van der Waals surface area contributed by atoms with Gasteiger partial charge in [-0.05, 0) is 24.3 Å². The lowest BCUT2D eigenvalue weighted by Crippen LogP contribution is -1.91. The molecule has 5 heteroatoms. The van der Waals surface area contributed by atoms with E-state index >= 15 is 0 Å². The largest absolute Gasteiger partial charge is 0.283 e. The monoisotopic (exact) mass is 303 g/mol. The molecule has 0 unspecified atom stereocenters. The average molecular weight is 304 g/mol. The molecule has 0 fully saturated rings. The van der Waals surface area contributed by atoms with E-state index in [0.717, 1.165) is 21.5 Å². The van der Waals surface area contributed by atoms with Crippen LogP contribution < -0.4 is 0 Å². The number of nitro benzene ring substituents is 1. The number of rotatable bonds is 6. The Labute approximate surface area is 108 Å². The first-order valence-electron chi connectivity index (χ1n) is 5.22. The standard InChI is InChI=1S/C11H14BrNO2S/c1-2-3-4-7-16-11-6-5-9(12)8-10(11)13(14)15/h5-6,8H,2-4,7H2,1H3. The summed E-state index contributed by atoms with van der Waals surface area (Å²) in [7, 11) is 0. The van der Waals surface area contributed by atoms with E-state index in [1.165, 1.54) is 12.8 Å². The Kier molecular flexibility index (Phi) is 5.84. The highest BCUT2D eigenvalue weighted by Gasteiger charge is 2.13. The molecule has 0 N–H and O–H groups in total. The molecular weight excluding hydrogens is 290 g/mol. The molecule has 0 aliphatic rings. The predicted molar refractivity (Wildman–Crippen MR) is 71.0 cm³/mol. The maximum absolute atomic E-state index is 10.8. The molecule has 0 saturated heterocycles. The average Bonchev–Trinajstić information content (AvgIpc) is 2.26. The summed E-state index contributed by atoms with van der Waals surface area (Å²) in [4.78, 5) is 11.3. The van der Waals surface area contributed by atoms with Crippen LogP contribution in [0.4, 0.5) is 5.69 Å². The summed E-state index contributed by atoms with van der Waals surface area (Å²) in [6.07, 6.45) is 3.45. The van der Waals surface area contributed by atoms with Crippen molar-refractivity contribution < 1.29 is 4.92 Å².